The third kappa shape index (κ3) is 6.05. The molecular weight excluding hydrogens is 278 g/mol. The van der Waals surface area contributed by atoms with Crippen molar-refractivity contribution in [2.75, 3.05) is 26.7 Å². The molecule has 1 aromatic rings. The molecule has 6 nitrogen and oxygen atoms in total. The summed E-state index contributed by atoms with van der Waals surface area (Å²) in [5.74, 6) is 1.98. The number of nitrogens with zero attached hydrogens (tertiary/aromatic N) is 3. The van der Waals surface area contributed by atoms with Crippen molar-refractivity contribution in [3.63, 3.8) is 0 Å². The summed E-state index contributed by atoms with van der Waals surface area (Å²) in [7, 11) is 1.77. The van der Waals surface area contributed by atoms with Gasteiger partial charge in [0.05, 0.1) is 12.2 Å². The van der Waals surface area contributed by atoms with Gasteiger partial charge in [-0.2, -0.15) is 0 Å². The predicted molar refractivity (Wildman–Crippen MR) is 91.2 cm³/mol. The second-order valence-corrected chi connectivity index (χ2v) is 5.95. The molecule has 0 radical (unpaired) electrons. The Hall–Kier alpha value is -1.56. The molecule has 0 bridgehead atoms. The maximum Gasteiger partial charge on any atom is 0.191 e. The minimum Gasteiger partial charge on any atom is -0.359 e. The highest BCUT2D eigenvalue weighted by molar-refractivity contribution is 5.79. The summed E-state index contributed by atoms with van der Waals surface area (Å²) in [4.78, 5) is 6.63. The molecule has 1 heterocycles. The Kier molecular flexibility index (Phi) is 7.95. The maximum atomic E-state index is 5.31. The topological polar surface area (TPSA) is 65.7 Å². The van der Waals surface area contributed by atoms with Crippen LogP contribution >= 0.6 is 0 Å². The summed E-state index contributed by atoms with van der Waals surface area (Å²) in [5, 5.41) is 10.6. The van der Waals surface area contributed by atoms with Gasteiger partial charge in [0, 0.05) is 32.2 Å². The smallest absolute Gasteiger partial charge is 0.191 e. The van der Waals surface area contributed by atoms with Crippen LogP contribution in [0.25, 0.3) is 0 Å². The lowest BCUT2D eigenvalue weighted by molar-refractivity contribution is 0.237. The Morgan fingerprint density at radius 1 is 1.32 bits per heavy atom. The van der Waals surface area contributed by atoms with Crippen LogP contribution in [0.5, 0.6) is 0 Å². The molecule has 0 spiro atoms. The van der Waals surface area contributed by atoms with Crippen LogP contribution in [-0.2, 0) is 6.54 Å². The van der Waals surface area contributed by atoms with E-state index in [-0.39, 0.29) is 0 Å². The van der Waals surface area contributed by atoms with E-state index in [0.29, 0.717) is 18.5 Å². The van der Waals surface area contributed by atoms with Gasteiger partial charge in [-0.05, 0) is 26.3 Å². The SMILES string of the molecule is CCN(CCNC(=NC)NCc1cc(C(C)C)no1)C(C)C. The van der Waals surface area contributed by atoms with E-state index in [0.717, 1.165) is 37.0 Å². The van der Waals surface area contributed by atoms with E-state index in [1.807, 2.05) is 6.07 Å². The van der Waals surface area contributed by atoms with E-state index in [9.17, 15) is 0 Å². The Morgan fingerprint density at radius 2 is 2.05 bits per heavy atom. The molecule has 0 amide bonds. The third-order valence-corrected chi connectivity index (χ3v) is 3.65. The van der Waals surface area contributed by atoms with Crippen LogP contribution < -0.4 is 10.6 Å². The molecule has 0 saturated carbocycles. The van der Waals surface area contributed by atoms with E-state index in [1.54, 1.807) is 7.05 Å². The summed E-state index contributed by atoms with van der Waals surface area (Å²) in [6, 6.07) is 2.55. The van der Waals surface area contributed by atoms with Crippen molar-refractivity contribution < 1.29 is 4.52 Å². The van der Waals surface area contributed by atoms with Crippen LogP contribution in [-0.4, -0.2) is 48.7 Å². The zero-order valence-corrected chi connectivity index (χ0v) is 14.8. The van der Waals surface area contributed by atoms with Crippen molar-refractivity contribution in [2.24, 2.45) is 4.99 Å². The van der Waals surface area contributed by atoms with Gasteiger partial charge < -0.3 is 15.2 Å². The fourth-order valence-electron chi connectivity index (χ4n) is 2.18. The number of guanidine groups is 1. The predicted octanol–water partition coefficient (Wildman–Crippen LogP) is 2.19. The summed E-state index contributed by atoms with van der Waals surface area (Å²) < 4.78 is 5.31. The molecule has 0 aliphatic rings. The molecule has 0 fully saturated rings. The number of hydrogen-bond acceptors (Lipinski definition) is 4. The Bertz CT molecular complexity index is 453. The van der Waals surface area contributed by atoms with E-state index in [2.05, 4.69) is 60.3 Å². The van der Waals surface area contributed by atoms with E-state index >= 15 is 0 Å². The molecule has 0 aliphatic carbocycles. The molecule has 6 heteroatoms. The molecular formula is C16H31N5O. The number of hydrogen-bond donors (Lipinski definition) is 2. The van der Waals surface area contributed by atoms with Crippen molar-refractivity contribution in [1.82, 2.24) is 20.7 Å². The van der Waals surface area contributed by atoms with Gasteiger partial charge in [-0.25, -0.2) is 0 Å². The quantitative estimate of drug-likeness (QED) is 0.569. The second kappa shape index (κ2) is 9.46. The van der Waals surface area contributed by atoms with Gasteiger partial charge in [0.25, 0.3) is 0 Å². The molecule has 0 saturated heterocycles. The highest BCUT2D eigenvalue weighted by atomic mass is 16.5. The van der Waals surface area contributed by atoms with Crippen LogP contribution in [0.3, 0.4) is 0 Å². The lowest BCUT2D eigenvalue weighted by atomic mass is 10.1. The number of nitrogens with one attached hydrogen (secondary N) is 2. The van der Waals surface area contributed by atoms with E-state index in [4.69, 9.17) is 4.52 Å². The second-order valence-electron chi connectivity index (χ2n) is 5.95. The summed E-state index contributed by atoms with van der Waals surface area (Å²) in [5.41, 5.74) is 0.982. The number of likely N-dealkylation sites (N-methyl/N-ethyl adjacent to an activating group) is 1. The fraction of sp³-hybridized carbons (Fsp3) is 0.750. The first-order valence-electron chi connectivity index (χ1n) is 8.11. The normalized spacial score (nSPS) is 12.5. The first kappa shape index (κ1) is 18.5. The maximum absolute atomic E-state index is 5.31. The molecule has 0 aliphatic heterocycles. The van der Waals surface area contributed by atoms with Gasteiger partial charge in [-0.15, -0.1) is 0 Å². The summed E-state index contributed by atoms with van der Waals surface area (Å²) >= 11 is 0. The zero-order chi connectivity index (χ0) is 16.5. The van der Waals surface area contributed by atoms with Gasteiger partial charge in [0.1, 0.15) is 0 Å². The molecule has 1 aromatic heterocycles. The summed E-state index contributed by atoms with van der Waals surface area (Å²) in [6.07, 6.45) is 0. The minimum absolute atomic E-state index is 0.381. The Labute approximate surface area is 134 Å². The van der Waals surface area contributed by atoms with Gasteiger partial charge in [-0.3, -0.25) is 9.89 Å². The molecule has 126 valence electrons. The van der Waals surface area contributed by atoms with Gasteiger partial charge in [0.15, 0.2) is 11.7 Å². The fourth-order valence-corrected chi connectivity index (χ4v) is 2.18. The first-order valence-corrected chi connectivity index (χ1v) is 8.11. The minimum atomic E-state index is 0.381. The molecule has 0 atom stereocenters. The van der Waals surface area contributed by atoms with Gasteiger partial charge >= 0.3 is 0 Å². The standard InChI is InChI=1S/C16H31N5O/c1-7-21(13(4)5)9-8-18-16(17-6)19-11-14-10-15(12(2)3)20-22-14/h10,12-13H,7-9,11H2,1-6H3,(H2,17,18,19). The first-order chi connectivity index (χ1) is 10.5. The van der Waals surface area contributed by atoms with Crippen molar-refractivity contribution in [3.05, 3.63) is 17.5 Å². The molecule has 0 unspecified atom stereocenters. The molecule has 1 rings (SSSR count). The largest absolute Gasteiger partial charge is 0.359 e. The summed E-state index contributed by atoms with van der Waals surface area (Å²) in [6.45, 7) is 14.3. The average molecular weight is 309 g/mol. The molecule has 22 heavy (non-hydrogen) atoms. The van der Waals surface area contributed by atoms with Crippen molar-refractivity contribution >= 4 is 5.96 Å². The number of aromatic nitrogens is 1. The van der Waals surface area contributed by atoms with Gasteiger partial charge in [0.2, 0.25) is 0 Å². The average Bonchev–Trinajstić information content (AvgIpc) is 2.95. The Balaban J connectivity index is 2.36. The zero-order valence-electron chi connectivity index (χ0n) is 14.8. The van der Waals surface area contributed by atoms with Gasteiger partial charge in [-0.1, -0.05) is 25.9 Å². The highest BCUT2D eigenvalue weighted by Crippen LogP contribution is 2.13. The van der Waals surface area contributed by atoms with Crippen LogP contribution in [0.4, 0.5) is 0 Å². The van der Waals surface area contributed by atoms with Crippen molar-refractivity contribution in [1.29, 1.82) is 0 Å². The van der Waals surface area contributed by atoms with Crippen molar-refractivity contribution in [2.45, 2.75) is 53.1 Å². The van der Waals surface area contributed by atoms with Crippen LogP contribution in [0.2, 0.25) is 0 Å². The third-order valence-electron chi connectivity index (χ3n) is 3.65. The molecule has 0 aromatic carbocycles. The highest BCUT2D eigenvalue weighted by Gasteiger charge is 2.09. The monoisotopic (exact) mass is 309 g/mol. The van der Waals surface area contributed by atoms with Crippen molar-refractivity contribution in [3.8, 4) is 0 Å². The molecule has 2 N–H and O–H groups in total. The van der Waals surface area contributed by atoms with E-state index in [1.165, 1.54) is 0 Å². The Morgan fingerprint density at radius 3 is 2.55 bits per heavy atom. The van der Waals surface area contributed by atoms with E-state index < -0.39 is 0 Å². The lowest BCUT2D eigenvalue weighted by Gasteiger charge is -2.25. The lowest BCUT2D eigenvalue weighted by Crippen LogP contribution is -2.42. The number of rotatable bonds is 8. The number of aliphatic imine (C=N–C) groups is 1. The van der Waals surface area contributed by atoms with Crippen LogP contribution in [0.15, 0.2) is 15.6 Å². The van der Waals surface area contributed by atoms with Crippen LogP contribution in [0.1, 0.15) is 52.0 Å². The van der Waals surface area contributed by atoms with Crippen LogP contribution in [0, 0.1) is 0 Å².